The summed E-state index contributed by atoms with van der Waals surface area (Å²) in [4.78, 5) is 11.7. The SMILES string of the molecule is NC(=O)C1(NCc2ccc(Cl)cc2)CCCCC1. The van der Waals surface area contributed by atoms with Crippen LogP contribution in [0.5, 0.6) is 0 Å². The van der Waals surface area contributed by atoms with Gasteiger partial charge in [0.05, 0.1) is 5.54 Å². The van der Waals surface area contributed by atoms with Crippen LogP contribution in [0.1, 0.15) is 37.7 Å². The summed E-state index contributed by atoms with van der Waals surface area (Å²) in [6, 6.07) is 7.65. The summed E-state index contributed by atoms with van der Waals surface area (Å²) < 4.78 is 0. The quantitative estimate of drug-likeness (QED) is 0.880. The van der Waals surface area contributed by atoms with Crippen molar-refractivity contribution in [1.82, 2.24) is 5.32 Å². The van der Waals surface area contributed by atoms with Gasteiger partial charge in [-0.15, -0.1) is 0 Å². The van der Waals surface area contributed by atoms with Gasteiger partial charge in [-0.1, -0.05) is 43.0 Å². The van der Waals surface area contributed by atoms with Crippen molar-refractivity contribution in [3.05, 3.63) is 34.9 Å². The van der Waals surface area contributed by atoms with Crippen molar-refractivity contribution in [3.63, 3.8) is 0 Å². The molecule has 1 amide bonds. The van der Waals surface area contributed by atoms with E-state index in [1.165, 1.54) is 6.42 Å². The highest BCUT2D eigenvalue weighted by Crippen LogP contribution is 2.28. The van der Waals surface area contributed by atoms with Crippen LogP contribution < -0.4 is 11.1 Å². The molecule has 98 valence electrons. The van der Waals surface area contributed by atoms with Gasteiger partial charge in [0, 0.05) is 11.6 Å². The largest absolute Gasteiger partial charge is 0.368 e. The summed E-state index contributed by atoms with van der Waals surface area (Å²) in [6.45, 7) is 0.653. The highest BCUT2D eigenvalue weighted by Gasteiger charge is 2.36. The monoisotopic (exact) mass is 266 g/mol. The van der Waals surface area contributed by atoms with Gasteiger partial charge in [-0.25, -0.2) is 0 Å². The van der Waals surface area contributed by atoms with Crippen LogP contribution in [0.2, 0.25) is 5.02 Å². The Bertz CT molecular complexity index is 410. The number of nitrogens with one attached hydrogen (secondary N) is 1. The van der Waals surface area contributed by atoms with E-state index in [2.05, 4.69) is 5.32 Å². The van der Waals surface area contributed by atoms with E-state index in [4.69, 9.17) is 17.3 Å². The Hall–Kier alpha value is -1.06. The predicted octanol–water partition coefficient (Wildman–Crippen LogP) is 2.62. The fourth-order valence-corrected chi connectivity index (χ4v) is 2.67. The van der Waals surface area contributed by atoms with Crippen LogP contribution in [0, 0.1) is 0 Å². The van der Waals surface area contributed by atoms with Crippen molar-refractivity contribution >= 4 is 17.5 Å². The van der Waals surface area contributed by atoms with Crippen LogP contribution in [0.15, 0.2) is 24.3 Å². The highest BCUT2D eigenvalue weighted by molar-refractivity contribution is 6.30. The minimum Gasteiger partial charge on any atom is -0.368 e. The van der Waals surface area contributed by atoms with Crippen molar-refractivity contribution < 1.29 is 4.79 Å². The molecule has 18 heavy (non-hydrogen) atoms. The average Bonchev–Trinajstić information content (AvgIpc) is 2.39. The zero-order valence-electron chi connectivity index (χ0n) is 10.4. The molecular formula is C14H19ClN2O. The number of carbonyl (C=O) groups is 1. The van der Waals surface area contributed by atoms with Gasteiger partial charge in [0.15, 0.2) is 0 Å². The second-order valence-corrected chi connectivity index (χ2v) is 5.42. The topological polar surface area (TPSA) is 55.1 Å². The maximum absolute atomic E-state index is 11.7. The molecule has 0 atom stereocenters. The standard InChI is InChI=1S/C14H19ClN2O/c15-12-6-4-11(5-7-12)10-17-14(13(16)18)8-2-1-3-9-14/h4-7,17H,1-3,8-10H2,(H2,16,18). The van der Waals surface area contributed by atoms with Crippen LogP contribution in [0.4, 0.5) is 0 Å². The molecule has 0 spiro atoms. The van der Waals surface area contributed by atoms with Gasteiger partial charge >= 0.3 is 0 Å². The first-order valence-corrected chi connectivity index (χ1v) is 6.80. The molecule has 3 N–H and O–H groups in total. The first kappa shape index (κ1) is 13.4. The van der Waals surface area contributed by atoms with E-state index >= 15 is 0 Å². The van der Waals surface area contributed by atoms with Crippen LogP contribution in [0.25, 0.3) is 0 Å². The van der Waals surface area contributed by atoms with Gasteiger partial charge < -0.3 is 5.73 Å². The summed E-state index contributed by atoms with van der Waals surface area (Å²) in [5.41, 5.74) is 6.17. The van der Waals surface area contributed by atoms with Crippen molar-refractivity contribution in [2.45, 2.75) is 44.2 Å². The number of rotatable bonds is 4. The third kappa shape index (κ3) is 3.03. The lowest BCUT2D eigenvalue weighted by Crippen LogP contribution is -2.56. The minimum atomic E-state index is -0.516. The molecule has 0 aliphatic heterocycles. The molecule has 0 saturated heterocycles. The molecule has 0 bridgehead atoms. The van der Waals surface area contributed by atoms with E-state index < -0.39 is 5.54 Å². The molecule has 0 radical (unpaired) electrons. The molecule has 3 nitrogen and oxygen atoms in total. The lowest BCUT2D eigenvalue weighted by molar-refractivity contribution is -0.125. The van der Waals surface area contributed by atoms with E-state index in [0.29, 0.717) is 6.54 Å². The number of primary amides is 1. The number of benzene rings is 1. The van der Waals surface area contributed by atoms with Gasteiger partial charge in [0.1, 0.15) is 0 Å². The molecular weight excluding hydrogens is 248 g/mol. The van der Waals surface area contributed by atoms with Crippen molar-refractivity contribution in [2.75, 3.05) is 0 Å². The molecule has 2 rings (SSSR count). The zero-order chi connectivity index (χ0) is 13.0. The Morgan fingerprint density at radius 3 is 2.39 bits per heavy atom. The van der Waals surface area contributed by atoms with Gasteiger partial charge in [0.2, 0.25) is 5.91 Å². The average molecular weight is 267 g/mol. The molecule has 0 unspecified atom stereocenters. The number of amides is 1. The molecule has 1 aromatic rings. The van der Waals surface area contributed by atoms with Gasteiger partial charge in [-0.05, 0) is 30.5 Å². The Kier molecular flexibility index (Phi) is 4.25. The molecule has 0 heterocycles. The normalized spacial score (nSPS) is 18.5. The molecule has 1 fully saturated rings. The first-order chi connectivity index (χ1) is 8.62. The van der Waals surface area contributed by atoms with Crippen LogP contribution in [0.3, 0.4) is 0 Å². The van der Waals surface area contributed by atoms with Crippen molar-refractivity contribution in [3.8, 4) is 0 Å². The number of hydrogen-bond donors (Lipinski definition) is 2. The third-order valence-corrected chi connectivity index (χ3v) is 3.97. The highest BCUT2D eigenvalue weighted by atomic mass is 35.5. The lowest BCUT2D eigenvalue weighted by Gasteiger charge is -2.35. The Labute approximate surface area is 113 Å². The smallest absolute Gasteiger partial charge is 0.237 e. The number of halogens is 1. The van der Waals surface area contributed by atoms with E-state index in [9.17, 15) is 4.79 Å². The number of carbonyl (C=O) groups excluding carboxylic acids is 1. The molecule has 1 aromatic carbocycles. The van der Waals surface area contributed by atoms with Crippen LogP contribution in [-0.4, -0.2) is 11.4 Å². The predicted molar refractivity (Wildman–Crippen MR) is 73.3 cm³/mol. The molecule has 0 aromatic heterocycles. The molecule has 4 heteroatoms. The van der Waals surface area contributed by atoms with Gasteiger partial charge in [-0.3, -0.25) is 10.1 Å². The summed E-state index contributed by atoms with van der Waals surface area (Å²) in [5.74, 6) is -0.226. The zero-order valence-corrected chi connectivity index (χ0v) is 11.2. The molecule has 1 aliphatic carbocycles. The Morgan fingerprint density at radius 2 is 1.83 bits per heavy atom. The first-order valence-electron chi connectivity index (χ1n) is 6.42. The van der Waals surface area contributed by atoms with Crippen molar-refractivity contribution in [2.24, 2.45) is 5.73 Å². The maximum Gasteiger partial charge on any atom is 0.237 e. The fraction of sp³-hybridized carbons (Fsp3) is 0.500. The van der Waals surface area contributed by atoms with E-state index in [0.717, 1.165) is 36.3 Å². The number of nitrogens with two attached hydrogens (primary N) is 1. The van der Waals surface area contributed by atoms with Gasteiger partial charge in [-0.2, -0.15) is 0 Å². The molecule has 1 aliphatic rings. The molecule has 1 saturated carbocycles. The Morgan fingerprint density at radius 1 is 1.22 bits per heavy atom. The maximum atomic E-state index is 11.7. The van der Waals surface area contributed by atoms with E-state index in [-0.39, 0.29) is 5.91 Å². The van der Waals surface area contributed by atoms with Crippen LogP contribution in [-0.2, 0) is 11.3 Å². The fourth-order valence-electron chi connectivity index (χ4n) is 2.54. The summed E-state index contributed by atoms with van der Waals surface area (Å²) in [7, 11) is 0. The Balaban J connectivity index is 2.01. The number of hydrogen-bond acceptors (Lipinski definition) is 2. The summed E-state index contributed by atoms with van der Waals surface area (Å²) >= 11 is 5.84. The van der Waals surface area contributed by atoms with E-state index in [1.54, 1.807) is 0 Å². The lowest BCUT2D eigenvalue weighted by atomic mass is 9.81. The summed E-state index contributed by atoms with van der Waals surface area (Å²) in [5, 5.41) is 4.08. The second kappa shape index (κ2) is 5.72. The van der Waals surface area contributed by atoms with E-state index in [1.807, 2.05) is 24.3 Å². The van der Waals surface area contributed by atoms with Crippen LogP contribution >= 0.6 is 11.6 Å². The van der Waals surface area contributed by atoms with Gasteiger partial charge in [0.25, 0.3) is 0 Å². The second-order valence-electron chi connectivity index (χ2n) is 4.99. The van der Waals surface area contributed by atoms with Crippen molar-refractivity contribution in [1.29, 1.82) is 0 Å². The summed E-state index contributed by atoms with van der Waals surface area (Å²) in [6.07, 6.45) is 5.01. The minimum absolute atomic E-state index is 0.226. The third-order valence-electron chi connectivity index (χ3n) is 3.72.